The predicted octanol–water partition coefficient (Wildman–Crippen LogP) is 6.09. The number of aromatic nitrogens is 2. The molecule has 126 valence electrons. The lowest BCUT2D eigenvalue weighted by atomic mass is 10.0. The second-order valence-corrected chi connectivity index (χ2v) is 6.56. The molecule has 0 unspecified atom stereocenters. The lowest BCUT2D eigenvalue weighted by Crippen LogP contribution is -1.95. The highest BCUT2D eigenvalue weighted by molar-refractivity contribution is 5.71. The van der Waals surface area contributed by atoms with Crippen LogP contribution in [-0.4, -0.2) is 9.97 Å². The Morgan fingerprint density at radius 2 is 0.962 bits per heavy atom. The number of nitrogens with zero attached hydrogens (tertiary/aromatic N) is 2. The van der Waals surface area contributed by atoms with Gasteiger partial charge in [-0.3, -0.25) is 0 Å². The van der Waals surface area contributed by atoms with Gasteiger partial charge >= 0.3 is 0 Å². The fourth-order valence-electron chi connectivity index (χ4n) is 2.91. The minimum absolute atomic E-state index is 0.749. The Morgan fingerprint density at radius 1 is 0.500 bits per heavy atom. The molecule has 0 radical (unpaired) electrons. The van der Waals surface area contributed by atoms with Gasteiger partial charge in [-0.05, 0) is 19.9 Å². The quantitative estimate of drug-likeness (QED) is 0.452. The van der Waals surface area contributed by atoms with Gasteiger partial charge in [0.1, 0.15) is 0 Å². The van der Waals surface area contributed by atoms with Gasteiger partial charge < -0.3 is 0 Å². The van der Waals surface area contributed by atoms with Crippen molar-refractivity contribution in [2.75, 3.05) is 0 Å². The standard InChI is InChI=1S/C24H20N2/c1-17-8-12-19(13-9-17)22-16-23(20-14-10-18(2)11-15-20)26-24(25-22)21-6-4-3-5-7-21/h3-16H,1-2H3. The number of rotatable bonds is 3. The molecule has 0 fully saturated rings. The van der Waals surface area contributed by atoms with Crippen LogP contribution in [0, 0.1) is 13.8 Å². The van der Waals surface area contributed by atoms with Gasteiger partial charge in [-0.15, -0.1) is 0 Å². The average Bonchev–Trinajstić information content (AvgIpc) is 2.69. The predicted molar refractivity (Wildman–Crippen MR) is 108 cm³/mol. The normalized spacial score (nSPS) is 10.7. The Labute approximate surface area is 154 Å². The van der Waals surface area contributed by atoms with Crippen molar-refractivity contribution >= 4 is 0 Å². The van der Waals surface area contributed by atoms with Gasteiger partial charge in [0.05, 0.1) is 11.4 Å². The first kappa shape index (κ1) is 16.2. The molecule has 1 heterocycles. The van der Waals surface area contributed by atoms with Crippen LogP contribution >= 0.6 is 0 Å². The van der Waals surface area contributed by atoms with E-state index in [2.05, 4.69) is 68.4 Å². The minimum Gasteiger partial charge on any atom is -0.228 e. The van der Waals surface area contributed by atoms with Crippen LogP contribution in [0.2, 0.25) is 0 Å². The van der Waals surface area contributed by atoms with Crippen molar-refractivity contribution in [3.63, 3.8) is 0 Å². The third kappa shape index (κ3) is 3.40. The molecule has 0 aliphatic rings. The Bertz CT molecular complexity index is 954. The van der Waals surface area contributed by atoms with E-state index in [4.69, 9.17) is 9.97 Å². The molecule has 0 atom stereocenters. The zero-order chi connectivity index (χ0) is 17.9. The van der Waals surface area contributed by atoms with E-state index in [-0.39, 0.29) is 0 Å². The summed E-state index contributed by atoms with van der Waals surface area (Å²) < 4.78 is 0. The van der Waals surface area contributed by atoms with Crippen molar-refractivity contribution < 1.29 is 0 Å². The summed E-state index contributed by atoms with van der Waals surface area (Å²) in [5.41, 5.74) is 7.58. The Balaban J connectivity index is 1.89. The molecule has 2 heteroatoms. The van der Waals surface area contributed by atoms with Crippen LogP contribution in [-0.2, 0) is 0 Å². The first-order valence-electron chi connectivity index (χ1n) is 8.78. The van der Waals surface area contributed by atoms with Crippen molar-refractivity contribution in [3.05, 3.63) is 96.1 Å². The molecule has 2 nitrogen and oxygen atoms in total. The molecule has 0 saturated carbocycles. The van der Waals surface area contributed by atoms with Gasteiger partial charge in [-0.25, -0.2) is 9.97 Å². The molecule has 0 amide bonds. The number of hydrogen-bond donors (Lipinski definition) is 0. The van der Waals surface area contributed by atoms with E-state index in [0.29, 0.717) is 0 Å². The largest absolute Gasteiger partial charge is 0.228 e. The molecule has 4 aromatic rings. The van der Waals surface area contributed by atoms with E-state index < -0.39 is 0 Å². The van der Waals surface area contributed by atoms with Crippen LogP contribution in [0.4, 0.5) is 0 Å². The Hall–Kier alpha value is -3.26. The van der Waals surface area contributed by atoms with Gasteiger partial charge in [-0.2, -0.15) is 0 Å². The van der Waals surface area contributed by atoms with Crippen LogP contribution in [0.25, 0.3) is 33.9 Å². The summed E-state index contributed by atoms with van der Waals surface area (Å²) in [6.07, 6.45) is 0. The molecule has 0 bridgehead atoms. The molecule has 1 aromatic heterocycles. The highest BCUT2D eigenvalue weighted by atomic mass is 14.9. The molecule has 0 spiro atoms. The lowest BCUT2D eigenvalue weighted by molar-refractivity contribution is 1.18. The van der Waals surface area contributed by atoms with Crippen LogP contribution in [0.15, 0.2) is 84.9 Å². The number of hydrogen-bond acceptors (Lipinski definition) is 2. The third-order valence-electron chi connectivity index (χ3n) is 4.45. The van der Waals surface area contributed by atoms with Gasteiger partial charge in [-0.1, -0.05) is 90.0 Å². The summed E-state index contributed by atoms with van der Waals surface area (Å²) in [6, 6.07) is 29.1. The van der Waals surface area contributed by atoms with Crippen molar-refractivity contribution in [3.8, 4) is 33.9 Å². The van der Waals surface area contributed by atoms with E-state index in [1.54, 1.807) is 0 Å². The molecular weight excluding hydrogens is 316 g/mol. The van der Waals surface area contributed by atoms with Crippen molar-refractivity contribution in [1.82, 2.24) is 9.97 Å². The SMILES string of the molecule is Cc1ccc(-c2cc(-c3ccc(C)cc3)nc(-c3ccccc3)n2)cc1. The molecule has 4 rings (SSSR count). The molecule has 0 aliphatic heterocycles. The monoisotopic (exact) mass is 336 g/mol. The summed E-state index contributed by atoms with van der Waals surface area (Å²) in [4.78, 5) is 9.67. The summed E-state index contributed by atoms with van der Waals surface area (Å²) in [7, 11) is 0. The maximum absolute atomic E-state index is 4.84. The molecular formula is C24H20N2. The molecule has 0 aliphatic carbocycles. The Kier molecular flexibility index (Phi) is 4.32. The van der Waals surface area contributed by atoms with Crippen molar-refractivity contribution in [2.45, 2.75) is 13.8 Å². The van der Waals surface area contributed by atoms with Crippen LogP contribution in [0.5, 0.6) is 0 Å². The van der Waals surface area contributed by atoms with Gasteiger partial charge in [0.25, 0.3) is 0 Å². The van der Waals surface area contributed by atoms with Gasteiger partial charge in [0, 0.05) is 16.7 Å². The van der Waals surface area contributed by atoms with E-state index in [1.165, 1.54) is 11.1 Å². The maximum atomic E-state index is 4.84. The summed E-state index contributed by atoms with van der Waals surface area (Å²) in [5.74, 6) is 0.749. The van der Waals surface area contributed by atoms with Crippen LogP contribution in [0.3, 0.4) is 0 Å². The summed E-state index contributed by atoms with van der Waals surface area (Å²) in [6.45, 7) is 4.19. The summed E-state index contributed by atoms with van der Waals surface area (Å²) >= 11 is 0. The van der Waals surface area contributed by atoms with E-state index >= 15 is 0 Å². The highest BCUT2D eigenvalue weighted by Gasteiger charge is 2.10. The van der Waals surface area contributed by atoms with Crippen LogP contribution in [0.1, 0.15) is 11.1 Å². The second kappa shape index (κ2) is 6.93. The van der Waals surface area contributed by atoms with Crippen molar-refractivity contribution in [1.29, 1.82) is 0 Å². The topological polar surface area (TPSA) is 25.8 Å². The van der Waals surface area contributed by atoms with E-state index in [0.717, 1.165) is 33.9 Å². The van der Waals surface area contributed by atoms with Gasteiger partial charge in [0.15, 0.2) is 5.82 Å². The minimum atomic E-state index is 0.749. The third-order valence-corrected chi connectivity index (χ3v) is 4.45. The summed E-state index contributed by atoms with van der Waals surface area (Å²) in [5, 5.41) is 0. The Morgan fingerprint density at radius 3 is 1.42 bits per heavy atom. The molecule has 26 heavy (non-hydrogen) atoms. The molecule has 3 aromatic carbocycles. The smallest absolute Gasteiger partial charge is 0.160 e. The molecule has 0 N–H and O–H groups in total. The van der Waals surface area contributed by atoms with Crippen molar-refractivity contribution in [2.24, 2.45) is 0 Å². The second-order valence-electron chi connectivity index (χ2n) is 6.56. The first-order chi connectivity index (χ1) is 12.7. The fraction of sp³-hybridized carbons (Fsp3) is 0.0833. The lowest BCUT2D eigenvalue weighted by Gasteiger charge is -2.09. The van der Waals surface area contributed by atoms with Crippen LogP contribution < -0.4 is 0 Å². The zero-order valence-electron chi connectivity index (χ0n) is 15.0. The number of benzene rings is 3. The number of aryl methyl sites for hydroxylation is 2. The first-order valence-corrected chi connectivity index (χ1v) is 8.78. The highest BCUT2D eigenvalue weighted by Crippen LogP contribution is 2.27. The van der Waals surface area contributed by atoms with E-state index in [9.17, 15) is 0 Å². The molecule has 0 saturated heterocycles. The average molecular weight is 336 g/mol. The van der Waals surface area contributed by atoms with E-state index in [1.807, 2.05) is 30.3 Å². The van der Waals surface area contributed by atoms with Gasteiger partial charge in [0.2, 0.25) is 0 Å². The fourth-order valence-corrected chi connectivity index (χ4v) is 2.91. The maximum Gasteiger partial charge on any atom is 0.160 e. The zero-order valence-corrected chi connectivity index (χ0v) is 15.0.